The number of para-hydroxylation sites is 1. The molecule has 1 amide bonds. The van der Waals surface area contributed by atoms with Crippen LogP contribution in [0.25, 0.3) is 28.2 Å². The van der Waals surface area contributed by atoms with Crippen LogP contribution in [0.2, 0.25) is 0 Å². The Morgan fingerprint density at radius 3 is 2.63 bits per heavy atom. The number of allylic oxidation sites excluding steroid dienone is 2. The van der Waals surface area contributed by atoms with Crippen LogP contribution in [-0.4, -0.2) is 35.1 Å². The summed E-state index contributed by atoms with van der Waals surface area (Å²) in [4.78, 5) is 33.1. The van der Waals surface area contributed by atoms with Crippen LogP contribution in [0.1, 0.15) is 21.7 Å². The molecule has 38 heavy (non-hydrogen) atoms. The van der Waals surface area contributed by atoms with Crippen molar-refractivity contribution in [2.75, 3.05) is 12.0 Å². The highest BCUT2D eigenvalue weighted by atomic mass is 35.5. The lowest BCUT2D eigenvalue weighted by molar-refractivity contribution is 0.0974. The maximum Gasteiger partial charge on any atom is 0.282 e. The van der Waals surface area contributed by atoms with Crippen LogP contribution in [0.5, 0.6) is 0 Å². The van der Waals surface area contributed by atoms with Gasteiger partial charge in [0, 0.05) is 35.1 Å². The molecule has 0 saturated carbocycles. The van der Waals surface area contributed by atoms with E-state index in [1.54, 1.807) is 36.4 Å². The third-order valence-corrected chi connectivity index (χ3v) is 6.55. The molecule has 0 atom stereocenters. The lowest BCUT2D eigenvalue weighted by Crippen LogP contribution is -2.32. The Kier molecular flexibility index (Phi) is 7.25. The number of pyridine rings is 2. The van der Waals surface area contributed by atoms with Gasteiger partial charge in [0.2, 0.25) is 10.0 Å². The molecule has 0 aliphatic heterocycles. The van der Waals surface area contributed by atoms with Crippen LogP contribution < -0.4 is 16.0 Å². The minimum Gasteiger partial charge on any atom is -0.398 e. The number of sulfonamides is 1. The second-order valence-electron chi connectivity index (χ2n) is 8.55. The smallest absolute Gasteiger partial charge is 0.282 e. The van der Waals surface area contributed by atoms with Gasteiger partial charge >= 0.3 is 0 Å². The highest BCUT2D eigenvalue weighted by molar-refractivity contribution is 7.89. The van der Waals surface area contributed by atoms with Gasteiger partial charge in [-0.3, -0.25) is 9.59 Å². The number of nitrogens with one attached hydrogen (secondary N) is 2. The van der Waals surface area contributed by atoms with E-state index in [1.165, 1.54) is 29.8 Å². The number of nitrogens with zero attached hydrogens (tertiary/aromatic N) is 2. The first-order valence-electron chi connectivity index (χ1n) is 11.2. The second-order valence-corrected chi connectivity index (χ2v) is 10.8. The van der Waals surface area contributed by atoms with Crippen molar-refractivity contribution in [3.63, 3.8) is 0 Å². The summed E-state index contributed by atoms with van der Waals surface area (Å²) in [6.45, 7) is 5.08. The van der Waals surface area contributed by atoms with Crippen molar-refractivity contribution in [2.45, 2.75) is 13.5 Å². The Bertz CT molecular complexity index is 1810. The molecule has 0 aliphatic rings. The maximum absolute atomic E-state index is 14.8. The molecule has 3 heterocycles. The summed E-state index contributed by atoms with van der Waals surface area (Å²) < 4.78 is 42.2. The molecular weight excluding hydrogens is 533 g/mol. The van der Waals surface area contributed by atoms with Gasteiger partial charge in [0.1, 0.15) is 11.5 Å². The normalized spacial score (nSPS) is 12.1. The molecule has 1 aromatic carbocycles. The summed E-state index contributed by atoms with van der Waals surface area (Å²) >= 11 is 6.33. The summed E-state index contributed by atoms with van der Waals surface area (Å²) in [6, 6.07) is 11.1. The van der Waals surface area contributed by atoms with Crippen molar-refractivity contribution < 1.29 is 17.6 Å². The average Bonchev–Trinajstić information content (AvgIpc) is 3.12. The number of nitrogens with two attached hydrogens (primary N) is 1. The first-order valence-corrected chi connectivity index (χ1v) is 13.4. The third kappa shape index (κ3) is 5.38. The number of hydrogen-bond donors (Lipinski definition) is 3. The number of anilines is 1. The predicted molar refractivity (Wildman–Crippen MR) is 147 cm³/mol. The number of carbonyl (C=O) groups excluding carboxylic acids is 1. The molecule has 0 saturated heterocycles. The maximum atomic E-state index is 14.8. The summed E-state index contributed by atoms with van der Waals surface area (Å²) in [5.74, 6) is -1.71. The molecule has 0 aliphatic carbocycles. The van der Waals surface area contributed by atoms with E-state index in [0.29, 0.717) is 16.8 Å². The number of carbonyl (C=O) groups is 1. The van der Waals surface area contributed by atoms with Crippen molar-refractivity contribution in [3.05, 3.63) is 99.0 Å². The number of nitrogen functional groups attached to an aromatic ring is 1. The first kappa shape index (κ1) is 26.8. The van der Waals surface area contributed by atoms with Gasteiger partial charge in [-0.2, -0.15) is 0 Å². The third-order valence-electron chi connectivity index (χ3n) is 5.75. The Balaban J connectivity index is 2.10. The zero-order chi connectivity index (χ0) is 27.8. The quantitative estimate of drug-likeness (QED) is 0.233. The zero-order valence-corrected chi connectivity index (χ0v) is 22.0. The number of fused-ring (bicyclic) bond motifs is 1. The van der Waals surface area contributed by atoms with Crippen molar-refractivity contribution in [3.8, 4) is 11.1 Å². The summed E-state index contributed by atoms with van der Waals surface area (Å²) in [5.41, 5.74) is 7.10. The first-order chi connectivity index (χ1) is 17.9. The standard InChI is InChI=1S/C26H23ClFN5O4S/c1-14(27)17(11-16-7-4-5-9-20(16)29)13-33-21-12-19(28)15(2)31-23(21)22(18-8-6-10-30-25(18)34)24(33)26(35)32-38(3,36)37/h4-12H,1,13,29H2,2-3H3,(H,30,34)(H,32,35)/b17-11-. The molecule has 12 heteroatoms. The summed E-state index contributed by atoms with van der Waals surface area (Å²) in [5, 5.41) is 0.101. The molecule has 4 aromatic rings. The van der Waals surface area contributed by atoms with Crippen molar-refractivity contribution in [1.29, 1.82) is 0 Å². The molecule has 196 valence electrons. The highest BCUT2D eigenvalue weighted by Crippen LogP contribution is 2.35. The van der Waals surface area contributed by atoms with E-state index in [-0.39, 0.29) is 45.1 Å². The molecule has 0 fully saturated rings. The number of aromatic amines is 1. The number of rotatable bonds is 7. The number of aromatic nitrogens is 3. The molecule has 9 nitrogen and oxygen atoms in total. The number of amides is 1. The van der Waals surface area contributed by atoms with Gasteiger partial charge in [-0.25, -0.2) is 22.5 Å². The highest BCUT2D eigenvalue weighted by Gasteiger charge is 2.29. The van der Waals surface area contributed by atoms with Crippen LogP contribution >= 0.6 is 11.6 Å². The topological polar surface area (TPSA) is 140 Å². The molecular formula is C26H23ClFN5O4S. The minimum absolute atomic E-state index is 0.0212. The Morgan fingerprint density at radius 1 is 1.29 bits per heavy atom. The largest absolute Gasteiger partial charge is 0.398 e. The lowest BCUT2D eigenvalue weighted by Gasteiger charge is -2.14. The average molecular weight is 556 g/mol. The van der Waals surface area contributed by atoms with Crippen LogP contribution in [-0.2, 0) is 16.6 Å². The number of benzene rings is 1. The van der Waals surface area contributed by atoms with Gasteiger partial charge in [-0.15, -0.1) is 0 Å². The van der Waals surface area contributed by atoms with E-state index in [0.717, 1.165) is 6.26 Å². The van der Waals surface area contributed by atoms with Gasteiger partial charge in [0.15, 0.2) is 0 Å². The molecule has 4 rings (SSSR count). The van der Waals surface area contributed by atoms with Gasteiger partial charge in [0.25, 0.3) is 11.5 Å². The van der Waals surface area contributed by atoms with Gasteiger partial charge in [0.05, 0.1) is 28.5 Å². The van der Waals surface area contributed by atoms with Gasteiger partial charge in [-0.05, 0) is 42.3 Å². The molecule has 4 N–H and O–H groups in total. The molecule has 3 aromatic heterocycles. The number of halogens is 2. The fourth-order valence-electron chi connectivity index (χ4n) is 4.03. The van der Waals surface area contributed by atoms with E-state index in [2.05, 4.69) is 16.5 Å². The van der Waals surface area contributed by atoms with E-state index in [9.17, 15) is 22.4 Å². The van der Waals surface area contributed by atoms with Crippen LogP contribution in [0, 0.1) is 12.7 Å². The van der Waals surface area contributed by atoms with Crippen molar-refractivity contribution in [1.82, 2.24) is 19.3 Å². The van der Waals surface area contributed by atoms with Crippen LogP contribution in [0.3, 0.4) is 0 Å². The van der Waals surface area contributed by atoms with Gasteiger partial charge in [-0.1, -0.05) is 36.4 Å². The number of hydrogen-bond acceptors (Lipinski definition) is 6. The minimum atomic E-state index is -4.02. The SMILES string of the molecule is C=C(Cl)/C(=C\c1ccccc1N)Cn1c(C(=O)NS(C)(=O)=O)c(-c2ccc[nH]c2=O)c2nc(C)c(F)cc21. The van der Waals surface area contributed by atoms with Gasteiger partial charge < -0.3 is 15.3 Å². The molecule has 0 unspecified atom stereocenters. The number of H-pyrrole nitrogens is 1. The fraction of sp³-hybridized carbons (Fsp3) is 0.115. The summed E-state index contributed by atoms with van der Waals surface area (Å²) in [6.07, 6.45) is 3.88. The number of aryl methyl sites for hydroxylation is 1. The Hall–Kier alpha value is -4.22. The van der Waals surface area contributed by atoms with Crippen LogP contribution in [0.4, 0.5) is 10.1 Å². The summed E-state index contributed by atoms with van der Waals surface area (Å²) in [7, 11) is -4.02. The molecule has 0 radical (unpaired) electrons. The Labute approximate surface area is 222 Å². The molecule has 0 spiro atoms. The Morgan fingerprint density at radius 2 is 2.00 bits per heavy atom. The fourth-order valence-corrected chi connectivity index (χ4v) is 4.58. The van der Waals surface area contributed by atoms with Crippen LogP contribution in [0.15, 0.2) is 70.6 Å². The predicted octanol–water partition coefficient (Wildman–Crippen LogP) is 3.95. The lowest BCUT2D eigenvalue weighted by atomic mass is 10.1. The van der Waals surface area contributed by atoms with E-state index in [1.807, 2.05) is 4.72 Å². The van der Waals surface area contributed by atoms with Crippen molar-refractivity contribution in [2.24, 2.45) is 0 Å². The van der Waals surface area contributed by atoms with E-state index < -0.39 is 27.3 Å². The van der Waals surface area contributed by atoms with Crippen molar-refractivity contribution >= 4 is 50.3 Å². The zero-order valence-electron chi connectivity index (χ0n) is 20.4. The van der Waals surface area contributed by atoms with E-state index in [4.69, 9.17) is 17.3 Å². The van der Waals surface area contributed by atoms with E-state index >= 15 is 0 Å². The second kappa shape index (κ2) is 10.3. The molecule has 0 bridgehead atoms. The monoisotopic (exact) mass is 555 g/mol.